The minimum atomic E-state index is -0.134. The van der Waals surface area contributed by atoms with Gasteiger partial charge in [0.25, 0.3) is 0 Å². The van der Waals surface area contributed by atoms with Gasteiger partial charge in [-0.3, -0.25) is 0 Å². The summed E-state index contributed by atoms with van der Waals surface area (Å²) in [5.41, 5.74) is 0. The van der Waals surface area contributed by atoms with Crippen molar-refractivity contribution in [2.75, 3.05) is 40.3 Å². The third kappa shape index (κ3) is 7.30. The first-order valence-electron chi connectivity index (χ1n) is 4.12. The molecule has 5 nitrogen and oxygen atoms in total. The zero-order valence-electron chi connectivity index (χ0n) is 7.74. The molecule has 0 heterocycles. The lowest BCUT2D eigenvalue weighted by Crippen LogP contribution is -2.38. The van der Waals surface area contributed by atoms with Crippen LogP contribution in [0, 0.1) is 0 Å². The van der Waals surface area contributed by atoms with Crippen molar-refractivity contribution in [3.63, 3.8) is 0 Å². The summed E-state index contributed by atoms with van der Waals surface area (Å²) >= 11 is 0. The van der Waals surface area contributed by atoms with Crippen LogP contribution in [0.15, 0.2) is 0 Å². The summed E-state index contributed by atoms with van der Waals surface area (Å²) in [5.74, 6) is 0. The maximum Gasteiger partial charge on any atom is 0.314 e. The molecule has 2 amide bonds. The van der Waals surface area contributed by atoms with Gasteiger partial charge in [0.05, 0.1) is 0 Å². The second-order valence-electron chi connectivity index (χ2n) is 2.36. The molecule has 0 aliphatic rings. The Labute approximate surface area is 73.3 Å². The molecule has 0 aromatic carbocycles. The molecule has 0 aromatic rings. The number of nitrogens with one attached hydrogen (secondary N) is 4. The molecule has 0 unspecified atom stereocenters. The van der Waals surface area contributed by atoms with Crippen LogP contribution in [0.5, 0.6) is 0 Å². The van der Waals surface area contributed by atoms with Crippen molar-refractivity contribution in [1.82, 2.24) is 21.3 Å². The summed E-state index contributed by atoms with van der Waals surface area (Å²) in [5, 5.41) is 11.3. The second kappa shape index (κ2) is 8.29. The van der Waals surface area contributed by atoms with Crippen molar-refractivity contribution >= 4 is 6.03 Å². The number of amides is 2. The molecule has 0 spiro atoms. The monoisotopic (exact) mass is 174 g/mol. The summed E-state index contributed by atoms with van der Waals surface area (Å²) in [4.78, 5) is 10.6. The number of hydrogen-bond donors (Lipinski definition) is 4. The predicted molar refractivity (Wildman–Crippen MR) is 49.3 cm³/mol. The van der Waals surface area contributed by atoms with Gasteiger partial charge in [-0.05, 0) is 7.05 Å². The normalized spacial score (nSPS) is 9.50. The maximum absolute atomic E-state index is 10.6. The Morgan fingerprint density at radius 2 is 1.75 bits per heavy atom. The van der Waals surface area contributed by atoms with E-state index >= 15 is 0 Å². The van der Waals surface area contributed by atoms with Gasteiger partial charge in [-0.2, -0.15) is 0 Å². The van der Waals surface area contributed by atoms with E-state index in [1.165, 1.54) is 0 Å². The first kappa shape index (κ1) is 11.2. The Balaban J connectivity index is 2.95. The molecule has 72 valence electrons. The van der Waals surface area contributed by atoms with Crippen molar-refractivity contribution in [3.05, 3.63) is 0 Å². The van der Waals surface area contributed by atoms with E-state index < -0.39 is 0 Å². The molecule has 0 aliphatic heterocycles. The molecule has 4 N–H and O–H groups in total. The summed E-state index contributed by atoms with van der Waals surface area (Å²) in [7, 11) is 3.51. The van der Waals surface area contributed by atoms with Crippen molar-refractivity contribution in [3.8, 4) is 0 Å². The second-order valence-corrected chi connectivity index (χ2v) is 2.36. The molecule has 0 atom stereocenters. The Kier molecular flexibility index (Phi) is 7.73. The summed E-state index contributed by atoms with van der Waals surface area (Å²) in [6, 6.07) is -0.134. The third-order valence-corrected chi connectivity index (χ3v) is 1.37. The lowest BCUT2D eigenvalue weighted by Gasteiger charge is -2.05. The fraction of sp³-hybridized carbons (Fsp3) is 0.857. The van der Waals surface area contributed by atoms with E-state index in [4.69, 9.17) is 0 Å². The Bertz CT molecular complexity index is 118. The average molecular weight is 174 g/mol. The quantitative estimate of drug-likeness (QED) is 0.379. The molecule has 5 heteroatoms. The average Bonchev–Trinajstić information content (AvgIpc) is 2.10. The molecule has 0 fully saturated rings. The smallest absolute Gasteiger partial charge is 0.314 e. The molecule has 0 saturated carbocycles. The standard InChI is InChI=1S/C7H18N4O/c1-8-3-4-10-5-6-11-7(12)9-2/h8,10H,3-6H2,1-2H3,(H2,9,11,12). The predicted octanol–water partition coefficient (Wildman–Crippen LogP) is -1.28. The van der Waals surface area contributed by atoms with Crippen molar-refractivity contribution in [2.24, 2.45) is 0 Å². The van der Waals surface area contributed by atoms with Crippen LogP contribution in [-0.2, 0) is 0 Å². The lowest BCUT2D eigenvalue weighted by atomic mass is 10.5. The van der Waals surface area contributed by atoms with Crippen LogP contribution >= 0.6 is 0 Å². The summed E-state index contributed by atoms with van der Waals surface area (Å²) < 4.78 is 0. The van der Waals surface area contributed by atoms with Gasteiger partial charge in [0.1, 0.15) is 0 Å². The van der Waals surface area contributed by atoms with Crippen LogP contribution in [0.2, 0.25) is 0 Å². The molecular formula is C7H18N4O. The van der Waals surface area contributed by atoms with Crippen molar-refractivity contribution < 1.29 is 4.79 Å². The van der Waals surface area contributed by atoms with Crippen LogP contribution < -0.4 is 21.3 Å². The number of carbonyl (C=O) groups is 1. The number of likely N-dealkylation sites (N-methyl/N-ethyl adjacent to an activating group) is 1. The van der Waals surface area contributed by atoms with Gasteiger partial charge in [-0.1, -0.05) is 0 Å². The SMILES string of the molecule is CNCCNCCNC(=O)NC. The van der Waals surface area contributed by atoms with E-state index in [1.807, 2.05) is 7.05 Å². The minimum absolute atomic E-state index is 0.134. The van der Waals surface area contributed by atoms with E-state index in [0.29, 0.717) is 6.54 Å². The third-order valence-electron chi connectivity index (χ3n) is 1.37. The van der Waals surface area contributed by atoms with Gasteiger partial charge in [0, 0.05) is 33.2 Å². The van der Waals surface area contributed by atoms with Gasteiger partial charge in [-0.25, -0.2) is 4.79 Å². The van der Waals surface area contributed by atoms with Gasteiger partial charge < -0.3 is 21.3 Å². The first-order chi connectivity index (χ1) is 5.81. The topological polar surface area (TPSA) is 65.2 Å². The molecule has 0 bridgehead atoms. The minimum Gasteiger partial charge on any atom is -0.341 e. The maximum atomic E-state index is 10.6. The summed E-state index contributed by atoms with van der Waals surface area (Å²) in [6.45, 7) is 3.32. The summed E-state index contributed by atoms with van der Waals surface area (Å²) in [6.07, 6.45) is 0. The van der Waals surface area contributed by atoms with Crippen LogP contribution in [0.25, 0.3) is 0 Å². The Hall–Kier alpha value is -0.810. The van der Waals surface area contributed by atoms with E-state index in [9.17, 15) is 4.79 Å². The molecule has 0 aliphatic carbocycles. The zero-order valence-corrected chi connectivity index (χ0v) is 7.74. The van der Waals surface area contributed by atoms with E-state index in [-0.39, 0.29) is 6.03 Å². The van der Waals surface area contributed by atoms with Crippen molar-refractivity contribution in [2.45, 2.75) is 0 Å². The lowest BCUT2D eigenvalue weighted by molar-refractivity contribution is 0.243. The van der Waals surface area contributed by atoms with E-state index in [1.54, 1.807) is 7.05 Å². The number of hydrogen-bond acceptors (Lipinski definition) is 3. The molecule has 0 rings (SSSR count). The van der Waals surface area contributed by atoms with Gasteiger partial charge >= 0.3 is 6.03 Å². The van der Waals surface area contributed by atoms with Gasteiger partial charge in [0.15, 0.2) is 0 Å². The number of urea groups is 1. The van der Waals surface area contributed by atoms with Gasteiger partial charge in [-0.15, -0.1) is 0 Å². The number of carbonyl (C=O) groups excluding carboxylic acids is 1. The molecule has 12 heavy (non-hydrogen) atoms. The number of rotatable bonds is 6. The first-order valence-corrected chi connectivity index (χ1v) is 4.12. The highest BCUT2D eigenvalue weighted by atomic mass is 16.2. The molecule has 0 aromatic heterocycles. The van der Waals surface area contributed by atoms with Crippen LogP contribution in [0.3, 0.4) is 0 Å². The van der Waals surface area contributed by atoms with Crippen molar-refractivity contribution in [1.29, 1.82) is 0 Å². The highest BCUT2D eigenvalue weighted by molar-refractivity contribution is 5.73. The highest BCUT2D eigenvalue weighted by Crippen LogP contribution is 1.61. The molecule has 0 saturated heterocycles. The Morgan fingerprint density at radius 1 is 1.08 bits per heavy atom. The molecule has 0 radical (unpaired) electrons. The Morgan fingerprint density at radius 3 is 2.33 bits per heavy atom. The van der Waals surface area contributed by atoms with E-state index in [0.717, 1.165) is 19.6 Å². The highest BCUT2D eigenvalue weighted by Gasteiger charge is 1.92. The zero-order chi connectivity index (χ0) is 9.23. The van der Waals surface area contributed by atoms with Crippen LogP contribution in [-0.4, -0.2) is 46.3 Å². The van der Waals surface area contributed by atoms with E-state index in [2.05, 4.69) is 21.3 Å². The van der Waals surface area contributed by atoms with Gasteiger partial charge in [0.2, 0.25) is 0 Å². The van der Waals surface area contributed by atoms with Crippen LogP contribution in [0.4, 0.5) is 4.79 Å². The fourth-order valence-electron chi connectivity index (χ4n) is 0.691. The molecular weight excluding hydrogens is 156 g/mol. The fourth-order valence-corrected chi connectivity index (χ4v) is 0.691. The van der Waals surface area contributed by atoms with Crippen LogP contribution in [0.1, 0.15) is 0 Å². The largest absolute Gasteiger partial charge is 0.341 e.